The molecular formula is C7H11ClO4. The molecule has 0 aliphatic rings. The maximum absolute atomic E-state index is 10.7. The molecule has 4 nitrogen and oxygen atoms in total. The van der Waals surface area contributed by atoms with Gasteiger partial charge in [0.15, 0.2) is 0 Å². The number of rotatable bonds is 5. The van der Waals surface area contributed by atoms with E-state index in [1.165, 1.54) is 0 Å². The number of esters is 1. The Morgan fingerprint density at radius 1 is 1.58 bits per heavy atom. The zero-order valence-electron chi connectivity index (χ0n) is 6.75. The Labute approximate surface area is 75.5 Å². The minimum absolute atomic E-state index is 0.0499. The van der Waals surface area contributed by atoms with Crippen LogP contribution in [-0.4, -0.2) is 29.0 Å². The summed E-state index contributed by atoms with van der Waals surface area (Å²) in [5.74, 6) is -1.52. The van der Waals surface area contributed by atoms with Gasteiger partial charge in [0.1, 0.15) is 5.38 Å². The molecule has 5 heteroatoms. The molecule has 0 rings (SSSR count). The van der Waals surface area contributed by atoms with E-state index in [2.05, 4.69) is 4.74 Å². The number of carboxylic acid groups (broad SMARTS) is 1. The molecule has 0 saturated heterocycles. The highest BCUT2D eigenvalue weighted by Crippen LogP contribution is 2.06. The van der Waals surface area contributed by atoms with Crippen LogP contribution in [-0.2, 0) is 14.3 Å². The van der Waals surface area contributed by atoms with Crippen molar-refractivity contribution in [3.63, 3.8) is 0 Å². The summed E-state index contributed by atoms with van der Waals surface area (Å²) in [5, 5.41) is 7.34. The predicted octanol–water partition coefficient (Wildman–Crippen LogP) is 1.02. The van der Waals surface area contributed by atoms with Crippen molar-refractivity contribution in [2.45, 2.75) is 25.1 Å². The van der Waals surface area contributed by atoms with Crippen LogP contribution in [0.3, 0.4) is 0 Å². The van der Waals surface area contributed by atoms with Crippen molar-refractivity contribution in [1.29, 1.82) is 0 Å². The highest BCUT2D eigenvalue weighted by Gasteiger charge is 2.15. The molecular weight excluding hydrogens is 184 g/mol. The Bertz CT molecular complexity index is 169. The first-order valence-corrected chi connectivity index (χ1v) is 4.04. The predicted molar refractivity (Wildman–Crippen MR) is 43.1 cm³/mol. The number of ether oxygens (including phenoxy) is 1. The van der Waals surface area contributed by atoms with Crippen molar-refractivity contribution < 1.29 is 19.4 Å². The number of hydrogen-bond acceptors (Lipinski definition) is 3. The van der Waals surface area contributed by atoms with E-state index in [4.69, 9.17) is 16.7 Å². The number of alkyl halides is 1. The molecule has 0 aliphatic carbocycles. The average molecular weight is 195 g/mol. The molecule has 0 aromatic carbocycles. The van der Waals surface area contributed by atoms with E-state index >= 15 is 0 Å². The fourth-order valence-corrected chi connectivity index (χ4v) is 0.710. The Morgan fingerprint density at radius 3 is 2.58 bits per heavy atom. The fourth-order valence-electron chi connectivity index (χ4n) is 0.601. The smallest absolute Gasteiger partial charge is 0.321 e. The van der Waals surface area contributed by atoms with E-state index in [1.54, 1.807) is 6.92 Å². The quantitative estimate of drug-likeness (QED) is 0.524. The minimum atomic E-state index is -1.11. The van der Waals surface area contributed by atoms with Crippen LogP contribution in [0.4, 0.5) is 0 Å². The number of carbonyl (C=O) groups is 2. The zero-order valence-corrected chi connectivity index (χ0v) is 7.50. The molecule has 0 spiro atoms. The van der Waals surface area contributed by atoms with Crippen molar-refractivity contribution in [3.05, 3.63) is 0 Å². The third kappa shape index (κ3) is 4.96. The summed E-state index contributed by atoms with van der Waals surface area (Å²) in [6, 6.07) is 0. The largest absolute Gasteiger partial charge is 0.480 e. The Kier molecular flexibility index (Phi) is 5.45. The summed E-state index contributed by atoms with van der Waals surface area (Å²) < 4.78 is 4.58. The Balaban J connectivity index is 3.54. The molecule has 1 unspecified atom stereocenters. The topological polar surface area (TPSA) is 63.6 Å². The molecule has 0 radical (unpaired) electrons. The maximum atomic E-state index is 10.7. The molecule has 70 valence electrons. The highest BCUT2D eigenvalue weighted by molar-refractivity contribution is 6.29. The second-order valence-corrected chi connectivity index (χ2v) is 2.68. The number of carbonyl (C=O) groups excluding carboxylic acids is 1. The van der Waals surface area contributed by atoms with Gasteiger partial charge in [-0.25, -0.2) is 0 Å². The molecule has 1 N–H and O–H groups in total. The van der Waals surface area contributed by atoms with Crippen LogP contribution in [0, 0.1) is 0 Å². The van der Waals surface area contributed by atoms with E-state index in [-0.39, 0.29) is 12.8 Å². The highest BCUT2D eigenvalue weighted by atomic mass is 35.5. The summed E-state index contributed by atoms with van der Waals surface area (Å²) >= 11 is 5.35. The van der Waals surface area contributed by atoms with Crippen LogP contribution < -0.4 is 0 Å². The van der Waals surface area contributed by atoms with Gasteiger partial charge in [0, 0.05) is 6.42 Å². The third-order valence-electron chi connectivity index (χ3n) is 1.18. The van der Waals surface area contributed by atoms with Crippen molar-refractivity contribution in [1.82, 2.24) is 0 Å². The van der Waals surface area contributed by atoms with Gasteiger partial charge in [-0.2, -0.15) is 0 Å². The van der Waals surface area contributed by atoms with Gasteiger partial charge < -0.3 is 9.84 Å². The van der Waals surface area contributed by atoms with Gasteiger partial charge in [-0.05, 0) is 13.3 Å². The van der Waals surface area contributed by atoms with Gasteiger partial charge >= 0.3 is 11.9 Å². The molecule has 0 aliphatic heterocycles. The maximum Gasteiger partial charge on any atom is 0.321 e. The Hall–Kier alpha value is -0.770. The molecule has 0 fully saturated rings. The van der Waals surface area contributed by atoms with Gasteiger partial charge in [0.25, 0.3) is 0 Å². The first-order valence-electron chi connectivity index (χ1n) is 3.60. The molecule has 1 atom stereocenters. The van der Waals surface area contributed by atoms with Gasteiger partial charge in [0.2, 0.25) is 0 Å². The number of hydrogen-bond donors (Lipinski definition) is 1. The first-order chi connectivity index (χ1) is 5.57. The van der Waals surface area contributed by atoms with E-state index in [0.717, 1.165) is 0 Å². The Morgan fingerprint density at radius 2 is 2.17 bits per heavy atom. The van der Waals surface area contributed by atoms with Gasteiger partial charge in [-0.1, -0.05) is 0 Å². The fraction of sp³-hybridized carbons (Fsp3) is 0.714. The number of halogens is 1. The van der Waals surface area contributed by atoms with Crippen LogP contribution in [0.1, 0.15) is 19.8 Å². The number of carboxylic acids is 1. The van der Waals surface area contributed by atoms with Gasteiger partial charge in [-0.3, -0.25) is 9.59 Å². The lowest BCUT2D eigenvalue weighted by Crippen LogP contribution is -2.15. The average Bonchev–Trinajstić information content (AvgIpc) is 2.00. The van der Waals surface area contributed by atoms with Crippen molar-refractivity contribution in [3.8, 4) is 0 Å². The van der Waals surface area contributed by atoms with Crippen LogP contribution in [0.5, 0.6) is 0 Å². The summed E-state index contributed by atoms with van der Waals surface area (Å²) in [6.45, 7) is 1.99. The lowest BCUT2D eigenvalue weighted by atomic mass is 10.2. The second-order valence-electron chi connectivity index (χ2n) is 2.15. The van der Waals surface area contributed by atoms with Crippen LogP contribution in [0.2, 0.25) is 0 Å². The normalized spacial score (nSPS) is 12.2. The summed E-state index contributed by atoms with van der Waals surface area (Å²) in [4.78, 5) is 20.9. The van der Waals surface area contributed by atoms with E-state index in [9.17, 15) is 9.59 Å². The van der Waals surface area contributed by atoms with Crippen molar-refractivity contribution in [2.75, 3.05) is 6.61 Å². The lowest BCUT2D eigenvalue weighted by molar-refractivity contribution is -0.143. The summed E-state index contributed by atoms with van der Waals surface area (Å²) in [6.07, 6.45) is 0.157. The molecule has 12 heavy (non-hydrogen) atoms. The molecule has 0 aromatic rings. The molecule has 0 bridgehead atoms. The van der Waals surface area contributed by atoms with E-state index in [1.807, 2.05) is 0 Å². The number of aliphatic carboxylic acids is 1. The SMILES string of the molecule is CCOC(=O)CCC(Cl)C(=O)O. The zero-order chi connectivity index (χ0) is 9.56. The monoisotopic (exact) mass is 194 g/mol. The van der Waals surface area contributed by atoms with Crippen LogP contribution >= 0.6 is 11.6 Å². The molecule has 0 amide bonds. The van der Waals surface area contributed by atoms with Crippen molar-refractivity contribution >= 4 is 23.5 Å². The minimum Gasteiger partial charge on any atom is -0.480 e. The van der Waals surface area contributed by atoms with E-state index in [0.29, 0.717) is 6.61 Å². The second kappa shape index (κ2) is 5.83. The van der Waals surface area contributed by atoms with E-state index < -0.39 is 17.3 Å². The lowest BCUT2D eigenvalue weighted by Gasteiger charge is -2.03. The van der Waals surface area contributed by atoms with Gasteiger partial charge in [0.05, 0.1) is 6.61 Å². The third-order valence-corrected chi connectivity index (χ3v) is 1.58. The molecule has 0 heterocycles. The van der Waals surface area contributed by atoms with Crippen molar-refractivity contribution in [2.24, 2.45) is 0 Å². The van der Waals surface area contributed by atoms with Crippen LogP contribution in [0.15, 0.2) is 0 Å². The van der Waals surface area contributed by atoms with Crippen LogP contribution in [0.25, 0.3) is 0 Å². The molecule has 0 saturated carbocycles. The first kappa shape index (κ1) is 11.2. The molecule has 0 aromatic heterocycles. The summed E-state index contributed by atoms with van der Waals surface area (Å²) in [5.41, 5.74) is 0. The van der Waals surface area contributed by atoms with Gasteiger partial charge in [-0.15, -0.1) is 11.6 Å². The standard InChI is InChI=1S/C7H11ClO4/c1-2-12-6(9)4-3-5(8)7(10)11/h5H,2-4H2,1H3,(H,10,11). The summed E-state index contributed by atoms with van der Waals surface area (Å²) in [7, 11) is 0.